The third-order valence-corrected chi connectivity index (χ3v) is 3.73. The topological polar surface area (TPSA) is 60.5 Å². The van der Waals surface area contributed by atoms with Crippen LogP contribution in [-0.2, 0) is 9.47 Å². The second-order valence-electron chi connectivity index (χ2n) is 8.01. The van der Waals surface area contributed by atoms with E-state index >= 15 is 0 Å². The maximum atomic E-state index is 12.3. The van der Waals surface area contributed by atoms with Gasteiger partial charge in [0.15, 0.2) is 0 Å². The monoisotopic (exact) mass is 358 g/mol. The summed E-state index contributed by atoms with van der Waals surface area (Å²) in [6.07, 6.45) is -0.469. The summed E-state index contributed by atoms with van der Waals surface area (Å²) in [6.45, 7) is 12.7. The van der Waals surface area contributed by atoms with Crippen LogP contribution in [-0.4, -0.2) is 29.9 Å². The second-order valence-corrected chi connectivity index (χ2v) is 8.01. The first-order valence-corrected chi connectivity index (χ1v) is 9.09. The molecule has 5 nitrogen and oxygen atoms in total. The summed E-state index contributed by atoms with van der Waals surface area (Å²) in [4.78, 5) is 17.0. The van der Waals surface area contributed by atoms with Crippen molar-refractivity contribution in [1.29, 1.82) is 0 Å². The highest BCUT2D eigenvalue weighted by Crippen LogP contribution is 2.22. The van der Waals surface area contributed by atoms with Crippen LogP contribution in [0.25, 0.3) is 10.9 Å². The molecule has 2 aromatic rings. The molecule has 0 spiro atoms. The average Bonchev–Trinajstić information content (AvgIpc) is 2.52. The Kier molecular flexibility index (Phi) is 6.59. The van der Waals surface area contributed by atoms with Gasteiger partial charge in [0.2, 0.25) is 0 Å². The Morgan fingerprint density at radius 3 is 2.54 bits per heavy atom. The summed E-state index contributed by atoms with van der Waals surface area (Å²) in [7, 11) is 0. The molecule has 1 aromatic heterocycles. The maximum Gasteiger partial charge on any atom is 0.408 e. The number of alkyl carbamates (subject to hydrolysis) is 1. The Labute approximate surface area is 156 Å². The molecular formula is C21H30N2O3. The standard InChI is InChI=1S/C21H30N2O3/c1-14(2)12-25-13-19(23-20(24)26-21(4,5)6)18-11-15(3)16-9-7-8-10-17(16)22-18/h7-11,14,19H,12-13H2,1-6H3,(H,23,24). The Bertz CT molecular complexity index is 750. The minimum atomic E-state index is -0.555. The molecule has 26 heavy (non-hydrogen) atoms. The summed E-state index contributed by atoms with van der Waals surface area (Å²) in [5.74, 6) is 0.420. The zero-order valence-corrected chi connectivity index (χ0v) is 16.6. The number of amides is 1. The highest BCUT2D eigenvalue weighted by Gasteiger charge is 2.22. The smallest absolute Gasteiger partial charge is 0.408 e. The van der Waals surface area contributed by atoms with Gasteiger partial charge in [-0.05, 0) is 51.3 Å². The van der Waals surface area contributed by atoms with E-state index in [0.29, 0.717) is 19.1 Å². The Balaban J connectivity index is 2.25. The zero-order chi connectivity index (χ0) is 19.3. The quantitative estimate of drug-likeness (QED) is 0.807. The van der Waals surface area contributed by atoms with Crippen molar-refractivity contribution >= 4 is 17.0 Å². The molecule has 1 atom stereocenters. The van der Waals surface area contributed by atoms with Crippen molar-refractivity contribution in [3.05, 3.63) is 41.6 Å². The SMILES string of the molecule is Cc1cc(C(COCC(C)C)NC(=O)OC(C)(C)C)nc2ccccc12. The molecule has 0 radical (unpaired) electrons. The first-order valence-electron chi connectivity index (χ1n) is 9.09. The van der Waals surface area contributed by atoms with Crippen LogP contribution in [0.3, 0.4) is 0 Å². The van der Waals surface area contributed by atoms with Crippen LogP contribution in [0.4, 0.5) is 4.79 Å². The van der Waals surface area contributed by atoms with Crippen molar-refractivity contribution in [2.45, 2.75) is 53.2 Å². The van der Waals surface area contributed by atoms with Gasteiger partial charge in [-0.3, -0.25) is 4.98 Å². The number of para-hydroxylation sites is 1. The molecule has 0 fully saturated rings. The molecule has 1 unspecified atom stereocenters. The minimum absolute atomic E-state index is 0.349. The predicted octanol–water partition coefficient (Wildman–Crippen LogP) is 4.78. The second kappa shape index (κ2) is 8.49. The number of hydrogen-bond donors (Lipinski definition) is 1. The summed E-state index contributed by atoms with van der Waals surface area (Å²) in [6, 6.07) is 9.62. The van der Waals surface area contributed by atoms with Crippen LogP contribution in [0.5, 0.6) is 0 Å². The number of ether oxygens (including phenoxy) is 2. The molecular weight excluding hydrogens is 328 g/mol. The van der Waals surface area contributed by atoms with E-state index in [4.69, 9.17) is 14.5 Å². The third kappa shape index (κ3) is 5.99. The van der Waals surface area contributed by atoms with E-state index in [-0.39, 0.29) is 6.04 Å². The molecule has 1 amide bonds. The van der Waals surface area contributed by atoms with E-state index < -0.39 is 11.7 Å². The number of rotatable bonds is 6. The van der Waals surface area contributed by atoms with Crippen LogP contribution in [0, 0.1) is 12.8 Å². The molecule has 2 rings (SSSR count). The van der Waals surface area contributed by atoms with Crippen LogP contribution in [0.1, 0.15) is 51.9 Å². The molecule has 0 saturated carbocycles. The highest BCUT2D eigenvalue weighted by atomic mass is 16.6. The third-order valence-electron chi connectivity index (χ3n) is 3.73. The fourth-order valence-corrected chi connectivity index (χ4v) is 2.63. The number of carbonyl (C=O) groups is 1. The normalized spacial score (nSPS) is 13.0. The van der Waals surface area contributed by atoms with E-state index in [9.17, 15) is 4.79 Å². The summed E-state index contributed by atoms with van der Waals surface area (Å²) >= 11 is 0. The molecule has 0 saturated heterocycles. The van der Waals surface area contributed by atoms with E-state index in [1.807, 2.05) is 58.0 Å². The van der Waals surface area contributed by atoms with Crippen molar-refractivity contribution in [3.63, 3.8) is 0 Å². The summed E-state index contributed by atoms with van der Waals surface area (Å²) < 4.78 is 11.2. The molecule has 5 heteroatoms. The molecule has 1 heterocycles. The number of benzene rings is 1. The fourth-order valence-electron chi connectivity index (χ4n) is 2.63. The number of pyridine rings is 1. The number of nitrogens with zero attached hydrogens (tertiary/aromatic N) is 1. The lowest BCUT2D eigenvalue weighted by molar-refractivity contribution is 0.0417. The van der Waals surface area contributed by atoms with E-state index in [0.717, 1.165) is 22.2 Å². The molecule has 0 aliphatic rings. The van der Waals surface area contributed by atoms with Gasteiger partial charge in [-0.2, -0.15) is 0 Å². The van der Waals surface area contributed by atoms with Crippen LogP contribution in [0.2, 0.25) is 0 Å². The first-order chi connectivity index (χ1) is 12.2. The van der Waals surface area contributed by atoms with Gasteiger partial charge in [-0.1, -0.05) is 32.0 Å². The van der Waals surface area contributed by atoms with Gasteiger partial charge in [-0.15, -0.1) is 0 Å². The van der Waals surface area contributed by atoms with Crippen molar-refractivity contribution in [1.82, 2.24) is 10.3 Å². The Morgan fingerprint density at radius 1 is 1.19 bits per heavy atom. The van der Waals surface area contributed by atoms with Gasteiger partial charge >= 0.3 is 6.09 Å². The number of carbonyl (C=O) groups excluding carboxylic acids is 1. The number of fused-ring (bicyclic) bond motifs is 1. The maximum absolute atomic E-state index is 12.3. The van der Waals surface area contributed by atoms with Crippen LogP contribution < -0.4 is 5.32 Å². The minimum Gasteiger partial charge on any atom is -0.444 e. The highest BCUT2D eigenvalue weighted by molar-refractivity contribution is 5.82. The molecule has 142 valence electrons. The van der Waals surface area contributed by atoms with Crippen molar-refractivity contribution in [3.8, 4) is 0 Å². The van der Waals surface area contributed by atoms with Gasteiger partial charge in [0.25, 0.3) is 0 Å². The molecule has 0 aliphatic carbocycles. The molecule has 0 bridgehead atoms. The predicted molar refractivity (Wildman–Crippen MR) is 104 cm³/mol. The Hall–Kier alpha value is -2.14. The van der Waals surface area contributed by atoms with Gasteiger partial charge in [0.05, 0.1) is 23.9 Å². The largest absolute Gasteiger partial charge is 0.444 e. The lowest BCUT2D eigenvalue weighted by Gasteiger charge is -2.24. The van der Waals surface area contributed by atoms with Gasteiger partial charge in [0, 0.05) is 12.0 Å². The average molecular weight is 358 g/mol. The van der Waals surface area contributed by atoms with Crippen LogP contribution in [0.15, 0.2) is 30.3 Å². The summed E-state index contributed by atoms with van der Waals surface area (Å²) in [5, 5.41) is 4.01. The van der Waals surface area contributed by atoms with E-state index in [2.05, 4.69) is 19.2 Å². The number of hydrogen-bond acceptors (Lipinski definition) is 4. The Morgan fingerprint density at radius 2 is 1.88 bits per heavy atom. The van der Waals surface area contributed by atoms with Gasteiger partial charge in [0.1, 0.15) is 5.60 Å². The van der Waals surface area contributed by atoms with E-state index in [1.54, 1.807) is 0 Å². The van der Waals surface area contributed by atoms with E-state index in [1.165, 1.54) is 0 Å². The lowest BCUT2D eigenvalue weighted by Crippen LogP contribution is -2.37. The summed E-state index contributed by atoms with van der Waals surface area (Å²) in [5.41, 5.74) is 2.24. The first kappa shape index (κ1) is 20.2. The fraction of sp³-hybridized carbons (Fsp3) is 0.524. The number of nitrogens with one attached hydrogen (secondary N) is 1. The molecule has 1 aromatic carbocycles. The molecule has 1 N–H and O–H groups in total. The lowest BCUT2D eigenvalue weighted by atomic mass is 10.1. The van der Waals surface area contributed by atoms with Gasteiger partial charge in [-0.25, -0.2) is 4.79 Å². The van der Waals surface area contributed by atoms with Gasteiger partial charge < -0.3 is 14.8 Å². The van der Waals surface area contributed by atoms with Crippen molar-refractivity contribution in [2.24, 2.45) is 5.92 Å². The van der Waals surface area contributed by atoms with Crippen LogP contribution >= 0.6 is 0 Å². The number of aromatic nitrogens is 1. The van der Waals surface area contributed by atoms with Crippen molar-refractivity contribution < 1.29 is 14.3 Å². The van der Waals surface area contributed by atoms with Crippen molar-refractivity contribution in [2.75, 3.05) is 13.2 Å². The number of aryl methyl sites for hydroxylation is 1. The zero-order valence-electron chi connectivity index (χ0n) is 16.6. The molecule has 0 aliphatic heterocycles.